The maximum absolute atomic E-state index is 14.6. The summed E-state index contributed by atoms with van der Waals surface area (Å²) in [7, 11) is -0.719. The number of rotatable bonds is 6. The monoisotopic (exact) mass is 429 g/mol. The first-order valence-corrected chi connectivity index (χ1v) is 11.2. The number of ether oxygens (including phenoxy) is 1. The highest BCUT2D eigenvalue weighted by Crippen LogP contribution is 2.32. The fourth-order valence-electron chi connectivity index (χ4n) is 3.72. The Balaban J connectivity index is 1.62. The minimum absolute atomic E-state index is 0.0381. The van der Waals surface area contributed by atoms with Gasteiger partial charge in [0.05, 0.1) is 17.7 Å². The van der Waals surface area contributed by atoms with Crippen LogP contribution in [0.1, 0.15) is 30.8 Å². The molecule has 3 aromatic rings. The van der Waals surface area contributed by atoms with Crippen LogP contribution in [0, 0.1) is 5.82 Å². The fraction of sp³-hybridized carbons (Fsp3) is 0.318. The molecule has 0 saturated heterocycles. The van der Waals surface area contributed by atoms with Crippen molar-refractivity contribution in [1.82, 2.24) is 13.9 Å². The highest BCUT2D eigenvalue weighted by atomic mass is 32.2. The second kappa shape index (κ2) is 7.85. The summed E-state index contributed by atoms with van der Waals surface area (Å²) >= 11 is 0. The van der Waals surface area contributed by atoms with Crippen LogP contribution >= 0.6 is 0 Å². The number of hydrogen-bond donors (Lipinski definition) is 0. The van der Waals surface area contributed by atoms with Gasteiger partial charge in [-0.3, -0.25) is 0 Å². The van der Waals surface area contributed by atoms with Gasteiger partial charge in [0.15, 0.2) is 0 Å². The molecule has 0 aliphatic carbocycles. The van der Waals surface area contributed by atoms with Crippen molar-refractivity contribution in [2.45, 2.75) is 37.2 Å². The zero-order chi connectivity index (χ0) is 21.5. The molecule has 0 N–H and O–H groups in total. The van der Waals surface area contributed by atoms with Gasteiger partial charge in [0.1, 0.15) is 17.4 Å². The van der Waals surface area contributed by atoms with E-state index < -0.39 is 15.8 Å². The fourth-order valence-corrected chi connectivity index (χ4v) is 4.91. The van der Waals surface area contributed by atoms with E-state index in [-0.39, 0.29) is 17.0 Å². The third kappa shape index (κ3) is 3.73. The van der Waals surface area contributed by atoms with E-state index in [2.05, 4.69) is 11.9 Å². The van der Waals surface area contributed by atoms with Crippen molar-refractivity contribution in [2.75, 3.05) is 14.2 Å². The number of sulfonamides is 1. The molecule has 4 rings (SSSR count). The lowest BCUT2D eigenvalue weighted by molar-refractivity contribution is 0.414. The van der Waals surface area contributed by atoms with E-state index in [1.165, 1.54) is 29.6 Å². The van der Waals surface area contributed by atoms with Crippen molar-refractivity contribution in [3.8, 4) is 17.0 Å². The Labute approximate surface area is 176 Å². The molecule has 30 heavy (non-hydrogen) atoms. The minimum atomic E-state index is -3.80. The van der Waals surface area contributed by atoms with E-state index in [9.17, 15) is 12.8 Å². The number of imidazole rings is 1. The Kier molecular flexibility index (Phi) is 5.38. The van der Waals surface area contributed by atoms with Crippen molar-refractivity contribution in [2.24, 2.45) is 0 Å². The molecule has 0 bridgehead atoms. The Bertz CT molecular complexity index is 1170. The van der Waals surface area contributed by atoms with Crippen molar-refractivity contribution >= 4 is 10.0 Å². The van der Waals surface area contributed by atoms with Crippen molar-refractivity contribution in [3.63, 3.8) is 0 Å². The quantitative estimate of drug-likeness (QED) is 0.594. The standard InChI is InChI=1S/C22H24FN3O3S/c1-15-4-11-22-24-21(14-26(15)22)19-12-18(9-10-20(19)23)30(27,28)25(2)13-16-5-7-17(29-3)8-6-16/h5-10,12,14-15H,4,11,13H2,1-3H3. The number of benzene rings is 2. The second-order valence-corrected chi connectivity index (χ2v) is 9.63. The average molecular weight is 430 g/mol. The van der Waals surface area contributed by atoms with Gasteiger partial charge in [0, 0.05) is 37.8 Å². The molecule has 1 aliphatic rings. The first kappa shape index (κ1) is 20.6. The van der Waals surface area contributed by atoms with Gasteiger partial charge in [-0.05, 0) is 49.2 Å². The third-order valence-electron chi connectivity index (χ3n) is 5.56. The summed E-state index contributed by atoms with van der Waals surface area (Å²) in [6.07, 6.45) is 3.66. The van der Waals surface area contributed by atoms with Gasteiger partial charge in [0.25, 0.3) is 0 Å². The molecule has 1 unspecified atom stereocenters. The summed E-state index contributed by atoms with van der Waals surface area (Å²) < 4.78 is 49.2. The number of methoxy groups -OCH3 is 1. The normalized spacial score (nSPS) is 16.1. The molecule has 158 valence electrons. The number of halogens is 1. The van der Waals surface area contributed by atoms with Gasteiger partial charge in [0.2, 0.25) is 10.0 Å². The molecule has 2 aromatic carbocycles. The average Bonchev–Trinajstić information content (AvgIpc) is 3.30. The van der Waals surface area contributed by atoms with Crippen molar-refractivity contribution in [1.29, 1.82) is 0 Å². The first-order chi connectivity index (χ1) is 14.3. The van der Waals surface area contributed by atoms with Gasteiger partial charge in [-0.2, -0.15) is 4.31 Å². The third-order valence-corrected chi connectivity index (χ3v) is 7.36. The molecule has 0 saturated carbocycles. The lowest BCUT2D eigenvalue weighted by Gasteiger charge is -2.18. The van der Waals surface area contributed by atoms with Gasteiger partial charge in [-0.15, -0.1) is 0 Å². The van der Waals surface area contributed by atoms with E-state index in [1.807, 2.05) is 22.9 Å². The Hall–Kier alpha value is -2.71. The number of aryl methyl sites for hydroxylation is 1. The van der Waals surface area contributed by atoms with E-state index in [4.69, 9.17) is 4.74 Å². The lowest BCUT2D eigenvalue weighted by Crippen LogP contribution is -2.26. The van der Waals surface area contributed by atoms with Crippen LogP contribution in [0.4, 0.5) is 4.39 Å². The van der Waals surface area contributed by atoms with E-state index in [0.29, 0.717) is 17.5 Å². The smallest absolute Gasteiger partial charge is 0.243 e. The molecule has 1 atom stereocenters. The van der Waals surface area contributed by atoms with Crippen LogP contribution in [0.5, 0.6) is 5.75 Å². The Morgan fingerprint density at radius 3 is 2.63 bits per heavy atom. The van der Waals surface area contributed by atoms with Crippen LogP contribution in [-0.2, 0) is 23.0 Å². The SMILES string of the molecule is COc1ccc(CN(C)S(=O)(=O)c2ccc(F)c(-c3cn4c(n3)CCC4C)c2)cc1. The maximum atomic E-state index is 14.6. The van der Waals surface area contributed by atoms with Gasteiger partial charge in [-0.1, -0.05) is 12.1 Å². The summed E-state index contributed by atoms with van der Waals surface area (Å²) in [6, 6.07) is 11.4. The summed E-state index contributed by atoms with van der Waals surface area (Å²) in [5, 5.41) is 0. The van der Waals surface area contributed by atoms with Crippen LogP contribution < -0.4 is 4.74 Å². The summed E-state index contributed by atoms with van der Waals surface area (Å²) in [5.41, 5.74) is 1.48. The summed E-state index contributed by atoms with van der Waals surface area (Å²) in [4.78, 5) is 4.57. The number of fused-ring (bicyclic) bond motifs is 1. The summed E-state index contributed by atoms with van der Waals surface area (Å²) in [6.45, 7) is 2.28. The van der Waals surface area contributed by atoms with E-state index in [1.54, 1.807) is 19.2 Å². The molecule has 0 spiro atoms. The zero-order valence-electron chi connectivity index (χ0n) is 17.2. The second-order valence-electron chi connectivity index (χ2n) is 7.59. The minimum Gasteiger partial charge on any atom is -0.497 e. The molecular formula is C22H24FN3O3S. The molecule has 0 fully saturated rings. The highest BCUT2D eigenvalue weighted by Gasteiger charge is 2.25. The van der Waals surface area contributed by atoms with Gasteiger partial charge in [-0.25, -0.2) is 17.8 Å². The first-order valence-electron chi connectivity index (χ1n) is 9.76. The molecule has 0 radical (unpaired) electrons. The molecule has 2 heterocycles. The van der Waals surface area contributed by atoms with Crippen LogP contribution in [0.3, 0.4) is 0 Å². The van der Waals surface area contributed by atoms with Gasteiger partial charge < -0.3 is 9.30 Å². The molecule has 1 aliphatic heterocycles. The van der Waals surface area contributed by atoms with Crippen LogP contribution in [0.15, 0.2) is 53.6 Å². The topological polar surface area (TPSA) is 64.4 Å². The summed E-state index contributed by atoms with van der Waals surface area (Å²) in [5.74, 6) is 1.12. The highest BCUT2D eigenvalue weighted by molar-refractivity contribution is 7.89. The number of nitrogens with zero attached hydrogens (tertiary/aromatic N) is 3. The predicted molar refractivity (Wildman–Crippen MR) is 112 cm³/mol. The van der Waals surface area contributed by atoms with Crippen LogP contribution in [0.2, 0.25) is 0 Å². The zero-order valence-corrected chi connectivity index (χ0v) is 18.0. The molecule has 1 aromatic heterocycles. The predicted octanol–water partition coefficient (Wildman–Crippen LogP) is 4.03. The van der Waals surface area contributed by atoms with Crippen molar-refractivity contribution < 1.29 is 17.5 Å². The lowest BCUT2D eigenvalue weighted by atomic mass is 10.1. The van der Waals surface area contributed by atoms with E-state index in [0.717, 1.165) is 24.2 Å². The number of hydrogen-bond acceptors (Lipinski definition) is 4. The molecule has 6 nitrogen and oxygen atoms in total. The Morgan fingerprint density at radius 2 is 1.97 bits per heavy atom. The molecule has 8 heteroatoms. The van der Waals surface area contributed by atoms with Gasteiger partial charge >= 0.3 is 0 Å². The van der Waals surface area contributed by atoms with E-state index >= 15 is 0 Å². The Morgan fingerprint density at radius 1 is 1.23 bits per heavy atom. The molecule has 0 amide bonds. The maximum Gasteiger partial charge on any atom is 0.243 e. The molecular weight excluding hydrogens is 405 g/mol. The number of aromatic nitrogens is 2. The van der Waals surface area contributed by atoms with Crippen LogP contribution in [-0.4, -0.2) is 36.4 Å². The van der Waals surface area contributed by atoms with Crippen LogP contribution in [0.25, 0.3) is 11.3 Å². The largest absolute Gasteiger partial charge is 0.497 e. The van der Waals surface area contributed by atoms with Crippen molar-refractivity contribution in [3.05, 3.63) is 65.9 Å².